The fraction of sp³-hybridized carbons (Fsp3) is 0.357. The van der Waals surface area contributed by atoms with Gasteiger partial charge in [-0.2, -0.15) is 5.10 Å². The quantitative estimate of drug-likeness (QED) is 0.860. The number of nitrogens with zero attached hydrogens (tertiary/aromatic N) is 2. The van der Waals surface area contributed by atoms with Crippen molar-refractivity contribution in [2.75, 3.05) is 0 Å². The molecule has 0 fully saturated rings. The molecule has 2 aromatic rings. The van der Waals surface area contributed by atoms with E-state index in [0.29, 0.717) is 0 Å². The van der Waals surface area contributed by atoms with Crippen molar-refractivity contribution < 1.29 is 0 Å². The molecule has 0 spiro atoms. The Morgan fingerprint density at radius 3 is 2.41 bits per heavy atom. The smallest absolute Gasteiger partial charge is 0.0651 e. The van der Waals surface area contributed by atoms with Crippen LogP contribution in [0.4, 0.5) is 0 Å². The summed E-state index contributed by atoms with van der Waals surface area (Å²) >= 11 is 0. The molecule has 0 saturated carbocycles. The molecular weight excluding hydrogens is 210 g/mol. The van der Waals surface area contributed by atoms with Crippen molar-refractivity contribution >= 4 is 0 Å². The van der Waals surface area contributed by atoms with E-state index < -0.39 is 0 Å². The summed E-state index contributed by atoms with van der Waals surface area (Å²) in [5.41, 5.74) is 11.8. The van der Waals surface area contributed by atoms with Crippen LogP contribution < -0.4 is 5.73 Å². The highest BCUT2D eigenvalue weighted by Crippen LogP contribution is 2.20. The zero-order valence-electron chi connectivity index (χ0n) is 10.9. The van der Waals surface area contributed by atoms with Crippen LogP contribution in [0.15, 0.2) is 24.4 Å². The first-order valence-electron chi connectivity index (χ1n) is 5.88. The SMILES string of the molecule is Cc1ccc(-n2ncc(C(C)N)c2C)cc1C. The molecule has 1 unspecified atom stereocenters. The number of benzene rings is 1. The zero-order valence-corrected chi connectivity index (χ0v) is 10.9. The molecule has 2 rings (SSSR count). The summed E-state index contributed by atoms with van der Waals surface area (Å²) in [7, 11) is 0. The van der Waals surface area contributed by atoms with Crippen molar-refractivity contribution in [1.29, 1.82) is 0 Å². The van der Waals surface area contributed by atoms with Crippen LogP contribution in [0, 0.1) is 20.8 Å². The molecule has 0 saturated heterocycles. The van der Waals surface area contributed by atoms with Gasteiger partial charge in [0.25, 0.3) is 0 Å². The Balaban J connectivity index is 2.50. The van der Waals surface area contributed by atoms with Crippen molar-refractivity contribution in [3.63, 3.8) is 0 Å². The molecule has 1 heterocycles. The van der Waals surface area contributed by atoms with Gasteiger partial charge in [0.15, 0.2) is 0 Å². The first-order valence-corrected chi connectivity index (χ1v) is 5.88. The number of aromatic nitrogens is 2. The molecule has 2 N–H and O–H groups in total. The van der Waals surface area contributed by atoms with Gasteiger partial charge in [0, 0.05) is 17.3 Å². The number of rotatable bonds is 2. The molecular formula is C14H19N3. The predicted octanol–water partition coefficient (Wildman–Crippen LogP) is 2.82. The zero-order chi connectivity index (χ0) is 12.6. The Morgan fingerprint density at radius 2 is 1.88 bits per heavy atom. The minimum atomic E-state index is 0.0234. The fourth-order valence-corrected chi connectivity index (χ4v) is 1.99. The van der Waals surface area contributed by atoms with E-state index in [2.05, 4.69) is 44.1 Å². The van der Waals surface area contributed by atoms with Crippen molar-refractivity contribution in [2.45, 2.75) is 33.7 Å². The summed E-state index contributed by atoms with van der Waals surface area (Å²) in [5.74, 6) is 0. The molecule has 0 aliphatic rings. The number of hydrogen-bond acceptors (Lipinski definition) is 2. The lowest BCUT2D eigenvalue weighted by Gasteiger charge is -2.09. The lowest BCUT2D eigenvalue weighted by atomic mass is 10.1. The maximum Gasteiger partial charge on any atom is 0.0651 e. The Kier molecular flexibility index (Phi) is 3.03. The average Bonchev–Trinajstić information content (AvgIpc) is 2.64. The van der Waals surface area contributed by atoms with Crippen LogP contribution in [0.25, 0.3) is 5.69 Å². The normalized spacial score (nSPS) is 12.8. The number of nitrogens with two attached hydrogens (primary N) is 1. The van der Waals surface area contributed by atoms with Gasteiger partial charge in [-0.05, 0) is 51.0 Å². The van der Waals surface area contributed by atoms with Crippen LogP contribution in [0.1, 0.15) is 35.3 Å². The van der Waals surface area contributed by atoms with E-state index in [1.807, 2.05) is 17.8 Å². The molecule has 90 valence electrons. The predicted molar refractivity (Wildman–Crippen MR) is 70.4 cm³/mol. The van der Waals surface area contributed by atoms with E-state index >= 15 is 0 Å². The van der Waals surface area contributed by atoms with Crippen molar-refractivity contribution in [1.82, 2.24) is 9.78 Å². The van der Waals surface area contributed by atoms with Gasteiger partial charge >= 0.3 is 0 Å². The third-order valence-corrected chi connectivity index (χ3v) is 3.27. The molecule has 0 amide bonds. The van der Waals surface area contributed by atoms with Gasteiger partial charge in [0.2, 0.25) is 0 Å². The van der Waals surface area contributed by atoms with E-state index in [0.717, 1.165) is 16.9 Å². The molecule has 1 aromatic heterocycles. The van der Waals surface area contributed by atoms with Crippen LogP contribution in [-0.2, 0) is 0 Å². The molecule has 0 bridgehead atoms. The Bertz CT molecular complexity index is 538. The van der Waals surface area contributed by atoms with Crippen LogP contribution in [0.3, 0.4) is 0 Å². The van der Waals surface area contributed by atoms with Gasteiger partial charge in [0.05, 0.1) is 11.9 Å². The molecule has 1 atom stereocenters. The first kappa shape index (κ1) is 11.9. The topological polar surface area (TPSA) is 43.8 Å². The first-order chi connectivity index (χ1) is 8.00. The van der Waals surface area contributed by atoms with Gasteiger partial charge < -0.3 is 5.73 Å². The second-order valence-electron chi connectivity index (χ2n) is 4.65. The number of hydrogen-bond donors (Lipinski definition) is 1. The van der Waals surface area contributed by atoms with Crippen LogP contribution in [0.5, 0.6) is 0 Å². The third kappa shape index (κ3) is 2.11. The maximum absolute atomic E-state index is 5.91. The summed E-state index contributed by atoms with van der Waals surface area (Å²) < 4.78 is 1.95. The summed E-state index contributed by atoms with van der Waals surface area (Å²) in [4.78, 5) is 0. The summed E-state index contributed by atoms with van der Waals surface area (Å²) in [6, 6.07) is 6.39. The van der Waals surface area contributed by atoms with E-state index in [4.69, 9.17) is 5.73 Å². The van der Waals surface area contributed by atoms with E-state index in [9.17, 15) is 0 Å². The van der Waals surface area contributed by atoms with Gasteiger partial charge in [-0.3, -0.25) is 0 Å². The number of aryl methyl sites for hydroxylation is 2. The highest BCUT2D eigenvalue weighted by Gasteiger charge is 2.11. The second-order valence-corrected chi connectivity index (χ2v) is 4.65. The molecule has 3 heteroatoms. The Morgan fingerprint density at radius 1 is 1.18 bits per heavy atom. The molecule has 0 aliphatic heterocycles. The molecule has 0 aliphatic carbocycles. The Hall–Kier alpha value is -1.61. The minimum absolute atomic E-state index is 0.0234. The lowest BCUT2D eigenvalue weighted by molar-refractivity contribution is 0.796. The fourth-order valence-electron chi connectivity index (χ4n) is 1.99. The Labute approximate surface area is 102 Å². The molecule has 3 nitrogen and oxygen atoms in total. The average molecular weight is 229 g/mol. The lowest BCUT2D eigenvalue weighted by Crippen LogP contribution is -2.07. The van der Waals surface area contributed by atoms with Crippen molar-refractivity contribution in [3.05, 3.63) is 46.8 Å². The van der Waals surface area contributed by atoms with Crippen LogP contribution in [0.2, 0.25) is 0 Å². The minimum Gasteiger partial charge on any atom is -0.324 e. The van der Waals surface area contributed by atoms with Gasteiger partial charge in [-0.15, -0.1) is 0 Å². The van der Waals surface area contributed by atoms with Crippen molar-refractivity contribution in [2.24, 2.45) is 5.73 Å². The van der Waals surface area contributed by atoms with E-state index in [1.165, 1.54) is 11.1 Å². The largest absolute Gasteiger partial charge is 0.324 e. The van der Waals surface area contributed by atoms with Gasteiger partial charge in [-0.1, -0.05) is 6.07 Å². The molecule has 0 radical (unpaired) electrons. The third-order valence-electron chi connectivity index (χ3n) is 3.27. The van der Waals surface area contributed by atoms with E-state index in [1.54, 1.807) is 0 Å². The standard InChI is InChI=1S/C14H19N3/c1-9-5-6-13(7-10(9)2)17-12(4)14(8-16-17)11(3)15/h5-8,11H,15H2,1-4H3. The van der Waals surface area contributed by atoms with Crippen LogP contribution in [-0.4, -0.2) is 9.78 Å². The summed E-state index contributed by atoms with van der Waals surface area (Å²) in [6.07, 6.45) is 1.86. The highest BCUT2D eigenvalue weighted by atomic mass is 15.3. The van der Waals surface area contributed by atoms with Gasteiger partial charge in [0.1, 0.15) is 0 Å². The summed E-state index contributed by atoms with van der Waals surface area (Å²) in [5, 5.41) is 4.41. The van der Waals surface area contributed by atoms with Crippen molar-refractivity contribution in [3.8, 4) is 5.69 Å². The summed E-state index contributed by atoms with van der Waals surface area (Å²) in [6.45, 7) is 8.27. The second kappa shape index (κ2) is 4.34. The molecule has 1 aromatic carbocycles. The van der Waals surface area contributed by atoms with Crippen LogP contribution >= 0.6 is 0 Å². The van der Waals surface area contributed by atoms with E-state index in [-0.39, 0.29) is 6.04 Å². The van der Waals surface area contributed by atoms with Gasteiger partial charge in [-0.25, -0.2) is 4.68 Å². The monoisotopic (exact) mass is 229 g/mol. The maximum atomic E-state index is 5.91. The highest BCUT2D eigenvalue weighted by molar-refractivity contribution is 5.41. The molecule has 17 heavy (non-hydrogen) atoms.